The van der Waals surface area contributed by atoms with E-state index in [4.69, 9.17) is 0 Å². The molecule has 1 N–H and O–H groups in total. The third-order valence-electron chi connectivity index (χ3n) is 2.32. The fourth-order valence-electron chi connectivity index (χ4n) is 1.48. The molecule has 0 spiro atoms. The summed E-state index contributed by atoms with van der Waals surface area (Å²) >= 11 is 0. The molecule has 0 fully saturated rings. The van der Waals surface area contributed by atoms with Crippen molar-refractivity contribution in [3.8, 4) is 11.3 Å². The van der Waals surface area contributed by atoms with Gasteiger partial charge in [-0.25, -0.2) is 4.39 Å². The van der Waals surface area contributed by atoms with Gasteiger partial charge >= 0.3 is 0 Å². The van der Waals surface area contributed by atoms with E-state index in [-0.39, 0.29) is 5.82 Å². The van der Waals surface area contributed by atoms with Crippen LogP contribution in [0, 0.1) is 5.82 Å². The maximum Gasteiger partial charge on any atom is 0.132 e. The quantitative estimate of drug-likeness (QED) is 0.745. The first-order chi connectivity index (χ1) is 6.81. The van der Waals surface area contributed by atoms with Crippen LogP contribution in [0.15, 0.2) is 36.5 Å². The maximum absolute atomic E-state index is 13.4. The molecule has 0 unspecified atom stereocenters. The molecule has 0 amide bonds. The van der Waals surface area contributed by atoms with E-state index in [1.807, 2.05) is 18.3 Å². The molecule has 72 valence electrons. The van der Waals surface area contributed by atoms with Crippen LogP contribution in [0.5, 0.6) is 0 Å². The zero-order valence-electron chi connectivity index (χ0n) is 8.05. The van der Waals surface area contributed by atoms with Crippen LogP contribution in [-0.2, 0) is 6.42 Å². The summed E-state index contributed by atoms with van der Waals surface area (Å²) in [6, 6.07) is 8.77. The fourth-order valence-corrected chi connectivity index (χ4v) is 1.48. The molecule has 1 nitrogen and oxygen atoms in total. The Kier molecular flexibility index (Phi) is 2.35. The summed E-state index contributed by atoms with van der Waals surface area (Å²) in [5, 5.41) is 0. The van der Waals surface area contributed by atoms with Crippen molar-refractivity contribution in [2.75, 3.05) is 0 Å². The third-order valence-corrected chi connectivity index (χ3v) is 2.32. The second-order valence-electron chi connectivity index (χ2n) is 3.26. The Morgan fingerprint density at radius 3 is 2.71 bits per heavy atom. The number of aryl methyl sites for hydroxylation is 1. The number of halogens is 1. The molecule has 0 aliphatic carbocycles. The van der Waals surface area contributed by atoms with E-state index in [1.54, 1.807) is 12.1 Å². The van der Waals surface area contributed by atoms with Crippen LogP contribution in [0.25, 0.3) is 11.3 Å². The average molecular weight is 189 g/mol. The largest absolute Gasteiger partial charge is 0.361 e. The van der Waals surface area contributed by atoms with Crippen molar-refractivity contribution in [2.24, 2.45) is 0 Å². The van der Waals surface area contributed by atoms with Crippen LogP contribution in [0.3, 0.4) is 0 Å². The van der Waals surface area contributed by atoms with Gasteiger partial charge < -0.3 is 4.98 Å². The number of H-pyrrole nitrogens is 1. The van der Waals surface area contributed by atoms with E-state index in [1.165, 1.54) is 11.6 Å². The monoisotopic (exact) mass is 189 g/mol. The summed E-state index contributed by atoms with van der Waals surface area (Å²) in [5.41, 5.74) is 2.68. The van der Waals surface area contributed by atoms with Crippen molar-refractivity contribution < 1.29 is 4.39 Å². The second kappa shape index (κ2) is 3.66. The molecule has 0 atom stereocenters. The number of aromatic amines is 1. The molecule has 0 saturated heterocycles. The van der Waals surface area contributed by atoms with Gasteiger partial charge in [-0.3, -0.25) is 0 Å². The lowest BCUT2D eigenvalue weighted by Crippen LogP contribution is -1.82. The summed E-state index contributed by atoms with van der Waals surface area (Å²) in [4.78, 5) is 3.07. The molecule has 2 heteroatoms. The van der Waals surface area contributed by atoms with Gasteiger partial charge in [0.1, 0.15) is 5.82 Å². The van der Waals surface area contributed by atoms with Crippen molar-refractivity contribution in [3.63, 3.8) is 0 Å². The van der Waals surface area contributed by atoms with Gasteiger partial charge in [0, 0.05) is 17.5 Å². The van der Waals surface area contributed by atoms with E-state index in [2.05, 4.69) is 11.9 Å². The van der Waals surface area contributed by atoms with Gasteiger partial charge in [0.2, 0.25) is 0 Å². The van der Waals surface area contributed by atoms with Gasteiger partial charge in [0.15, 0.2) is 0 Å². The maximum atomic E-state index is 13.4. The fraction of sp³-hybridized carbons (Fsp3) is 0.167. The number of nitrogens with one attached hydrogen (secondary N) is 1. The summed E-state index contributed by atoms with van der Waals surface area (Å²) in [7, 11) is 0. The highest BCUT2D eigenvalue weighted by molar-refractivity contribution is 5.60. The van der Waals surface area contributed by atoms with Crippen LogP contribution < -0.4 is 0 Å². The molecule has 0 aliphatic heterocycles. The van der Waals surface area contributed by atoms with E-state index in [0.717, 1.165) is 12.1 Å². The minimum Gasteiger partial charge on any atom is -0.361 e. The molecule has 2 aromatic rings. The van der Waals surface area contributed by atoms with Crippen LogP contribution in [-0.4, -0.2) is 4.98 Å². The van der Waals surface area contributed by atoms with E-state index in [0.29, 0.717) is 5.56 Å². The molecule has 1 aromatic carbocycles. The zero-order chi connectivity index (χ0) is 9.97. The molecule has 0 bridgehead atoms. The van der Waals surface area contributed by atoms with E-state index in [9.17, 15) is 4.39 Å². The second-order valence-corrected chi connectivity index (χ2v) is 3.26. The Labute approximate surface area is 82.6 Å². The lowest BCUT2D eigenvalue weighted by Gasteiger charge is -1.98. The molecule has 0 aliphatic rings. The zero-order valence-corrected chi connectivity index (χ0v) is 8.05. The predicted octanol–water partition coefficient (Wildman–Crippen LogP) is 3.38. The standard InChI is InChI=1S/C12H12FN/c1-2-9-7-12(14-8-9)10-5-3-4-6-11(10)13/h3-8,14H,2H2,1H3. The smallest absolute Gasteiger partial charge is 0.132 e. The van der Waals surface area contributed by atoms with Crippen LogP contribution in [0.2, 0.25) is 0 Å². The number of rotatable bonds is 2. The average Bonchev–Trinajstić information content (AvgIpc) is 2.67. The molecule has 0 saturated carbocycles. The number of hydrogen-bond acceptors (Lipinski definition) is 0. The van der Waals surface area contributed by atoms with Gasteiger partial charge in [0.05, 0.1) is 0 Å². The molecular weight excluding hydrogens is 177 g/mol. The first-order valence-corrected chi connectivity index (χ1v) is 4.73. The highest BCUT2D eigenvalue weighted by Crippen LogP contribution is 2.21. The van der Waals surface area contributed by atoms with Crippen molar-refractivity contribution in [1.82, 2.24) is 4.98 Å². The highest BCUT2D eigenvalue weighted by Gasteiger charge is 2.05. The predicted molar refractivity (Wildman–Crippen MR) is 55.6 cm³/mol. The SMILES string of the molecule is CCc1c[nH]c(-c2ccccc2F)c1. The number of hydrogen-bond donors (Lipinski definition) is 1. The minimum absolute atomic E-state index is 0.183. The lowest BCUT2D eigenvalue weighted by atomic mass is 10.1. The Hall–Kier alpha value is -1.57. The lowest BCUT2D eigenvalue weighted by molar-refractivity contribution is 0.631. The summed E-state index contributed by atoms with van der Waals surface area (Å²) < 4.78 is 13.4. The topological polar surface area (TPSA) is 15.8 Å². The minimum atomic E-state index is -0.183. The van der Waals surface area contributed by atoms with Crippen LogP contribution >= 0.6 is 0 Å². The first-order valence-electron chi connectivity index (χ1n) is 4.73. The normalized spacial score (nSPS) is 10.4. The van der Waals surface area contributed by atoms with Crippen LogP contribution in [0.4, 0.5) is 4.39 Å². The van der Waals surface area contributed by atoms with Crippen molar-refractivity contribution in [2.45, 2.75) is 13.3 Å². The number of benzene rings is 1. The Morgan fingerprint density at radius 2 is 2.07 bits per heavy atom. The summed E-state index contributed by atoms with van der Waals surface area (Å²) in [6.45, 7) is 2.08. The molecular formula is C12H12FN. The van der Waals surface area contributed by atoms with Gasteiger partial charge in [-0.2, -0.15) is 0 Å². The highest BCUT2D eigenvalue weighted by atomic mass is 19.1. The van der Waals surface area contributed by atoms with Crippen molar-refractivity contribution in [1.29, 1.82) is 0 Å². The van der Waals surface area contributed by atoms with Gasteiger partial charge in [-0.1, -0.05) is 19.1 Å². The van der Waals surface area contributed by atoms with Crippen molar-refractivity contribution >= 4 is 0 Å². The Bertz CT molecular complexity index is 431. The van der Waals surface area contributed by atoms with Crippen molar-refractivity contribution in [3.05, 3.63) is 47.9 Å². The third kappa shape index (κ3) is 1.55. The molecule has 0 radical (unpaired) electrons. The van der Waals surface area contributed by atoms with Gasteiger partial charge in [-0.15, -0.1) is 0 Å². The Balaban J connectivity index is 2.44. The van der Waals surface area contributed by atoms with Crippen LogP contribution in [0.1, 0.15) is 12.5 Å². The van der Waals surface area contributed by atoms with E-state index >= 15 is 0 Å². The first kappa shape index (κ1) is 9.00. The molecule has 14 heavy (non-hydrogen) atoms. The van der Waals surface area contributed by atoms with Gasteiger partial charge in [0.25, 0.3) is 0 Å². The van der Waals surface area contributed by atoms with Gasteiger partial charge in [-0.05, 0) is 30.2 Å². The molecule has 2 rings (SSSR count). The summed E-state index contributed by atoms with van der Waals surface area (Å²) in [6.07, 6.45) is 2.88. The Morgan fingerprint density at radius 1 is 1.29 bits per heavy atom. The van der Waals surface area contributed by atoms with E-state index < -0.39 is 0 Å². The summed E-state index contributed by atoms with van der Waals surface area (Å²) in [5.74, 6) is -0.183. The number of aromatic nitrogens is 1. The molecule has 1 heterocycles. The molecule has 1 aromatic heterocycles.